The first kappa shape index (κ1) is 10.1. The average Bonchev–Trinajstić information content (AvgIpc) is 2.07. The molecule has 0 saturated heterocycles. The lowest BCUT2D eigenvalue weighted by Gasteiger charge is -2.11. The minimum absolute atomic E-state index is 0.177. The zero-order valence-electron chi connectivity index (χ0n) is 8.50. The van der Waals surface area contributed by atoms with Crippen molar-refractivity contribution >= 4 is 0 Å². The van der Waals surface area contributed by atoms with E-state index in [1.165, 1.54) is 11.1 Å². The van der Waals surface area contributed by atoms with Gasteiger partial charge in [-0.25, -0.2) is 0 Å². The molecule has 0 heterocycles. The lowest BCUT2D eigenvalue weighted by molar-refractivity contribution is 0.408. The smallest absolute Gasteiger partial charge is 0.122 e. The zero-order chi connectivity index (χ0) is 9.84. The monoisotopic (exact) mass is 179 g/mol. The highest BCUT2D eigenvalue weighted by molar-refractivity contribution is 5.37. The third kappa shape index (κ3) is 2.74. The minimum atomic E-state index is 0.177. The fourth-order valence-corrected chi connectivity index (χ4v) is 1.37. The Kier molecular flexibility index (Phi) is 3.32. The molecule has 0 aliphatic heterocycles. The summed E-state index contributed by atoms with van der Waals surface area (Å²) in [6.45, 7) is 4.05. The van der Waals surface area contributed by atoms with E-state index < -0.39 is 0 Å². The minimum Gasteiger partial charge on any atom is -0.496 e. The maximum atomic E-state index is 5.73. The van der Waals surface area contributed by atoms with Gasteiger partial charge in [0, 0.05) is 6.04 Å². The maximum Gasteiger partial charge on any atom is 0.122 e. The van der Waals surface area contributed by atoms with Crippen molar-refractivity contribution in [3.63, 3.8) is 0 Å². The van der Waals surface area contributed by atoms with Gasteiger partial charge in [-0.3, -0.25) is 0 Å². The molecule has 1 aromatic carbocycles. The van der Waals surface area contributed by atoms with E-state index >= 15 is 0 Å². The van der Waals surface area contributed by atoms with Gasteiger partial charge in [0.05, 0.1) is 7.11 Å². The van der Waals surface area contributed by atoms with E-state index in [-0.39, 0.29) is 6.04 Å². The Hall–Kier alpha value is -1.02. The molecule has 72 valence electrons. The third-order valence-corrected chi connectivity index (χ3v) is 1.98. The Labute approximate surface area is 79.7 Å². The molecule has 2 nitrogen and oxygen atoms in total. The molecule has 0 aromatic heterocycles. The summed E-state index contributed by atoms with van der Waals surface area (Å²) in [4.78, 5) is 0. The van der Waals surface area contributed by atoms with Crippen molar-refractivity contribution in [2.45, 2.75) is 26.3 Å². The molecular formula is C11H17NO. The van der Waals surface area contributed by atoms with Crippen LogP contribution in [-0.4, -0.2) is 13.2 Å². The van der Waals surface area contributed by atoms with Gasteiger partial charge in [-0.05, 0) is 37.5 Å². The molecule has 0 spiro atoms. The highest BCUT2D eigenvalue weighted by Gasteiger charge is 2.04. The number of hydrogen-bond acceptors (Lipinski definition) is 2. The van der Waals surface area contributed by atoms with Gasteiger partial charge in [-0.15, -0.1) is 0 Å². The molecule has 0 fully saturated rings. The molecule has 1 atom stereocenters. The van der Waals surface area contributed by atoms with Crippen LogP contribution in [0.4, 0.5) is 0 Å². The molecule has 0 bridgehead atoms. The number of ether oxygens (including phenoxy) is 1. The Bertz CT molecular complexity index is 281. The molecular weight excluding hydrogens is 162 g/mol. The fourth-order valence-electron chi connectivity index (χ4n) is 1.37. The van der Waals surface area contributed by atoms with E-state index in [1.807, 2.05) is 13.0 Å². The van der Waals surface area contributed by atoms with E-state index in [4.69, 9.17) is 10.5 Å². The van der Waals surface area contributed by atoms with Crippen LogP contribution in [0.2, 0.25) is 0 Å². The standard InChI is InChI=1S/C11H17NO/c1-8-4-5-10(7-9(2)12)11(6-8)13-3/h4-6,9H,7,12H2,1-3H3. The lowest BCUT2D eigenvalue weighted by Crippen LogP contribution is -2.18. The molecule has 2 N–H and O–H groups in total. The van der Waals surface area contributed by atoms with Gasteiger partial charge in [-0.1, -0.05) is 12.1 Å². The van der Waals surface area contributed by atoms with E-state index in [2.05, 4.69) is 19.1 Å². The average molecular weight is 179 g/mol. The van der Waals surface area contributed by atoms with Crippen LogP contribution in [0, 0.1) is 6.92 Å². The number of methoxy groups -OCH3 is 1. The highest BCUT2D eigenvalue weighted by atomic mass is 16.5. The normalized spacial score (nSPS) is 12.6. The van der Waals surface area contributed by atoms with Gasteiger partial charge < -0.3 is 10.5 Å². The summed E-state index contributed by atoms with van der Waals surface area (Å²) in [7, 11) is 1.69. The summed E-state index contributed by atoms with van der Waals surface area (Å²) in [6.07, 6.45) is 0.865. The Morgan fingerprint density at radius 1 is 1.46 bits per heavy atom. The van der Waals surface area contributed by atoms with Gasteiger partial charge in [0.2, 0.25) is 0 Å². The SMILES string of the molecule is COc1cc(C)ccc1CC(C)N. The second-order valence-electron chi connectivity index (χ2n) is 3.50. The van der Waals surface area contributed by atoms with Crippen molar-refractivity contribution < 1.29 is 4.74 Å². The second-order valence-corrected chi connectivity index (χ2v) is 3.50. The Balaban J connectivity index is 2.92. The first-order valence-corrected chi connectivity index (χ1v) is 4.52. The summed E-state index contributed by atoms with van der Waals surface area (Å²) in [5.41, 5.74) is 8.13. The van der Waals surface area contributed by atoms with Gasteiger partial charge in [0.1, 0.15) is 5.75 Å². The van der Waals surface area contributed by atoms with Crippen LogP contribution in [0.25, 0.3) is 0 Å². The maximum absolute atomic E-state index is 5.73. The summed E-state index contributed by atoms with van der Waals surface area (Å²) >= 11 is 0. The highest BCUT2D eigenvalue weighted by Crippen LogP contribution is 2.20. The quantitative estimate of drug-likeness (QED) is 0.769. The molecule has 2 heteroatoms. The predicted molar refractivity (Wildman–Crippen MR) is 55.1 cm³/mol. The predicted octanol–water partition coefficient (Wildman–Crippen LogP) is 1.89. The van der Waals surface area contributed by atoms with Gasteiger partial charge in [0.25, 0.3) is 0 Å². The van der Waals surface area contributed by atoms with Crippen molar-refractivity contribution in [2.24, 2.45) is 5.73 Å². The summed E-state index contributed by atoms with van der Waals surface area (Å²) < 4.78 is 5.27. The zero-order valence-corrected chi connectivity index (χ0v) is 8.50. The Morgan fingerprint density at radius 2 is 2.15 bits per heavy atom. The van der Waals surface area contributed by atoms with E-state index in [0.717, 1.165) is 12.2 Å². The first-order chi connectivity index (χ1) is 6.13. The van der Waals surface area contributed by atoms with Crippen LogP contribution in [-0.2, 0) is 6.42 Å². The van der Waals surface area contributed by atoms with Crippen LogP contribution in [0.3, 0.4) is 0 Å². The van der Waals surface area contributed by atoms with Crippen molar-refractivity contribution in [1.29, 1.82) is 0 Å². The molecule has 0 aliphatic rings. The number of aryl methyl sites for hydroxylation is 1. The van der Waals surface area contributed by atoms with Gasteiger partial charge in [-0.2, -0.15) is 0 Å². The lowest BCUT2D eigenvalue weighted by atomic mass is 10.0. The first-order valence-electron chi connectivity index (χ1n) is 4.52. The van der Waals surface area contributed by atoms with Crippen LogP contribution in [0.1, 0.15) is 18.1 Å². The molecule has 0 amide bonds. The van der Waals surface area contributed by atoms with Crippen molar-refractivity contribution in [1.82, 2.24) is 0 Å². The topological polar surface area (TPSA) is 35.2 Å². The van der Waals surface area contributed by atoms with Crippen molar-refractivity contribution in [3.8, 4) is 5.75 Å². The summed E-state index contributed by atoms with van der Waals surface area (Å²) in [5, 5.41) is 0. The molecule has 1 rings (SSSR count). The Morgan fingerprint density at radius 3 is 2.69 bits per heavy atom. The molecule has 13 heavy (non-hydrogen) atoms. The fraction of sp³-hybridized carbons (Fsp3) is 0.455. The molecule has 1 unspecified atom stereocenters. The van der Waals surface area contributed by atoms with Crippen LogP contribution >= 0.6 is 0 Å². The molecule has 0 radical (unpaired) electrons. The van der Waals surface area contributed by atoms with E-state index in [0.29, 0.717) is 0 Å². The van der Waals surface area contributed by atoms with Crippen LogP contribution in [0.5, 0.6) is 5.75 Å². The molecule has 1 aromatic rings. The summed E-state index contributed by atoms with van der Waals surface area (Å²) in [5.74, 6) is 0.942. The number of rotatable bonds is 3. The molecule has 0 saturated carbocycles. The van der Waals surface area contributed by atoms with E-state index in [9.17, 15) is 0 Å². The van der Waals surface area contributed by atoms with Crippen LogP contribution < -0.4 is 10.5 Å². The number of hydrogen-bond donors (Lipinski definition) is 1. The van der Waals surface area contributed by atoms with Crippen LogP contribution in [0.15, 0.2) is 18.2 Å². The van der Waals surface area contributed by atoms with Crippen molar-refractivity contribution in [2.75, 3.05) is 7.11 Å². The summed E-state index contributed by atoms with van der Waals surface area (Å²) in [6, 6.07) is 6.38. The van der Waals surface area contributed by atoms with E-state index in [1.54, 1.807) is 7.11 Å². The molecule has 0 aliphatic carbocycles. The number of nitrogens with two attached hydrogens (primary N) is 1. The largest absolute Gasteiger partial charge is 0.496 e. The van der Waals surface area contributed by atoms with Crippen molar-refractivity contribution in [3.05, 3.63) is 29.3 Å². The van der Waals surface area contributed by atoms with Gasteiger partial charge in [0.15, 0.2) is 0 Å². The third-order valence-electron chi connectivity index (χ3n) is 1.98. The second kappa shape index (κ2) is 4.28. The number of benzene rings is 1. The van der Waals surface area contributed by atoms with Gasteiger partial charge >= 0.3 is 0 Å².